The number of rotatable bonds is 2. The minimum atomic E-state index is 0.396. The van der Waals surface area contributed by atoms with Crippen LogP contribution in [0.3, 0.4) is 0 Å². The fourth-order valence-electron chi connectivity index (χ4n) is 3.15. The summed E-state index contributed by atoms with van der Waals surface area (Å²) in [6.45, 7) is 11.7. The number of aryl methyl sites for hydroxylation is 2. The first-order valence-electron chi connectivity index (χ1n) is 6.59. The minimum absolute atomic E-state index is 0.396. The van der Waals surface area contributed by atoms with E-state index in [1.165, 1.54) is 30.4 Å². The second-order valence-electron chi connectivity index (χ2n) is 6.07. The predicted octanol–water partition coefficient (Wildman–Crippen LogP) is 4.73. The number of hydrogen-bond acceptors (Lipinski definition) is 0. The number of fused-ring (bicyclic) bond motifs is 1. The van der Waals surface area contributed by atoms with Crippen molar-refractivity contribution < 1.29 is 0 Å². The SMILES string of the molecule is CCC(C)c1cc(C)c2c(c1)CCC2(C)C. The van der Waals surface area contributed by atoms with Gasteiger partial charge in [0.2, 0.25) is 0 Å². The third kappa shape index (κ3) is 1.79. The second-order valence-corrected chi connectivity index (χ2v) is 6.07. The summed E-state index contributed by atoms with van der Waals surface area (Å²) in [4.78, 5) is 0. The second kappa shape index (κ2) is 3.91. The van der Waals surface area contributed by atoms with Gasteiger partial charge in [-0.3, -0.25) is 0 Å². The van der Waals surface area contributed by atoms with Crippen molar-refractivity contribution in [3.05, 3.63) is 34.4 Å². The quantitative estimate of drug-likeness (QED) is 0.670. The maximum Gasteiger partial charge on any atom is -0.00950 e. The molecule has 88 valence electrons. The Balaban J connectivity index is 2.50. The van der Waals surface area contributed by atoms with Crippen LogP contribution in [0, 0.1) is 6.92 Å². The van der Waals surface area contributed by atoms with Crippen LogP contribution in [-0.4, -0.2) is 0 Å². The molecule has 16 heavy (non-hydrogen) atoms. The van der Waals surface area contributed by atoms with Crippen molar-refractivity contribution in [1.29, 1.82) is 0 Å². The van der Waals surface area contributed by atoms with E-state index in [2.05, 4.69) is 46.8 Å². The fraction of sp³-hybridized carbons (Fsp3) is 0.625. The molecule has 0 nitrogen and oxygen atoms in total. The topological polar surface area (TPSA) is 0 Å². The molecule has 1 aliphatic carbocycles. The first-order valence-corrected chi connectivity index (χ1v) is 6.59. The van der Waals surface area contributed by atoms with Crippen LogP contribution in [-0.2, 0) is 11.8 Å². The van der Waals surface area contributed by atoms with E-state index in [0.717, 1.165) is 0 Å². The molecule has 2 rings (SSSR count). The molecular formula is C16H24. The monoisotopic (exact) mass is 216 g/mol. The minimum Gasteiger partial charge on any atom is -0.0648 e. The van der Waals surface area contributed by atoms with Gasteiger partial charge in [0.1, 0.15) is 0 Å². The van der Waals surface area contributed by atoms with E-state index in [1.54, 1.807) is 11.1 Å². The Labute approximate surface area is 100 Å². The summed E-state index contributed by atoms with van der Waals surface area (Å²) in [5, 5.41) is 0. The van der Waals surface area contributed by atoms with Crippen LogP contribution < -0.4 is 0 Å². The zero-order valence-corrected chi connectivity index (χ0v) is 11.4. The van der Waals surface area contributed by atoms with Gasteiger partial charge >= 0.3 is 0 Å². The molecule has 0 saturated heterocycles. The van der Waals surface area contributed by atoms with Crippen LogP contribution in [0.25, 0.3) is 0 Å². The molecule has 0 fully saturated rings. The molecule has 0 aromatic heterocycles. The van der Waals surface area contributed by atoms with Crippen molar-refractivity contribution in [2.24, 2.45) is 0 Å². The smallest absolute Gasteiger partial charge is 0.00950 e. The third-order valence-electron chi connectivity index (χ3n) is 4.32. The Morgan fingerprint density at radius 3 is 2.62 bits per heavy atom. The molecule has 0 spiro atoms. The Morgan fingerprint density at radius 1 is 1.31 bits per heavy atom. The molecule has 0 saturated carbocycles. The van der Waals surface area contributed by atoms with Crippen molar-refractivity contribution in [3.63, 3.8) is 0 Å². The zero-order valence-electron chi connectivity index (χ0n) is 11.4. The Bertz CT molecular complexity index is 399. The van der Waals surface area contributed by atoms with Gasteiger partial charge in [0.05, 0.1) is 0 Å². The molecule has 1 aliphatic rings. The van der Waals surface area contributed by atoms with E-state index in [1.807, 2.05) is 0 Å². The van der Waals surface area contributed by atoms with Gasteiger partial charge in [0.15, 0.2) is 0 Å². The molecule has 1 unspecified atom stereocenters. The molecule has 0 heterocycles. The standard InChI is InChI=1S/C16H24/c1-6-11(2)14-9-12(3)15-13(10-14)7-8-16(15,4)5/h9-11H,6-8H2,1-5H3. The molecule has 0 radical (unpaired) electrons. The molecule has 0 heteroatoms. The van der Waals surface area contributed by atoms with Crippen molar-refractivity contribution in [2.75, 3.05) is 0 Å². The molecule has 1 aromatic rings. The van der Waals surface area contributed by atoms with Gasteiger partial charge in [0, 0.05) is 0 Å². The first kappa shape index (κ1) is 11.7. The first-order chi connectivity index (χ1) is 7.45. The van der Waals surface area contributed by atoms with E-state index >= 15 is 0 Å². The van der Waals surface area contributed by atoms with Crippen LogP contribution in [0.4, 0.5) is 0 Å². The summed E-state index contributed by atoms with van der Waals surface area (Å²) in [5.74, 6) is 0.702. The maximum absolute atomic E-state index is 2.46. The number of benzene rings is 1. The molecule has 0 amide bonds. The van der Waals surface area contributed by atoms with Gasteiger partial charge in [-0.2, -0.15) is 0 Å². The van der Waals surface area contributed by atoms with Crippen molar-refractivity contribution >= 4 is 0 Å². The third-order valence-corrected chi connectivity index (χ3v) is 4.32. The van der Waals surface area contributed by atoms with Gasteiger partial charge in [-0.25, -0.2) is 0 Å². The molecular weight excluding hydrogens is 192 g/mol. The lowest BCUT2D eigenvalue weighted by Crippen LogP contribution is -2.13. The normalized spacial score (nSPS) is 19.6. The summed E-state index contributed by atoms with van der Waals surface area (Å²) in [7, 11) is 0. The lowest BCUT2D eigenvalue weighted by atomic mass is 9.82. The van der Waals surface area contributed by atoms with Gasteiger partial charge < -0.3 is 0 Å². The highest BCUT2D eigenvalue weighted by atomic mass is 14.4. The Morgan fingerprint density at radius 2 is 2.00 bits per heavy atom. The number of hydrogen-bond donors (Lipinski definition) is 0. The van der Waals surface area contributed by atoms with Crippen molar-refractivity contribution in [2.45, 2.75) is 65.2 Å². The van der Waals surface area contributed by atoms with E-state index in [4.69, 9.17) is 0 Å². The van der Waals surface area contributed by atoms with Gasteiger partial charge in [-0.15, -0.1) is 0 Å². The molecule has 0 N–H and O–H groups in total. The van der Waals surface area contributed by atoms with Crippen LogP contribution in [0.1, 0.15) is 68.7 Å². The molecule has 0 bridgehead atoms. The predicted molar refractivity (Wildman–Crippen MR) is 71.2 cm³/mol. The largest absolute Gasteiger partial charge is 0.0648 e. The zero-order chi connectivity index (χ0) is 11.9. The highest BCUT2D eigenvalue weighted by Crippen LogP contribution is 2.41. The average molecular weight is 216 g/mol. The van der Waals surface area contributed by atoms with Crippen LogP contribution in [0.5, 0.6) is 0 Å². The maximum atomic E-state index is 2.46. The lowest BCUT2D eigenvalue weighted by molar-refractivity contribution is 0.520. The summed E-state index contributed by atoms with van der Waals surface area (Å²) in [6.07, 6.45) is 3.82. The summed E-state index contributed by atoms with van der Waals surface area (Å²) in [6, 6.07) is 4.88. The van der Waals surface area contributed by atoms with Crippen LogP contribution in [0.15, 0.2) is 12.1 Å². The van der Waals surface area contributed by atoms with Crippen molar-refractivity contribution in [3.8, 4) is 0 Å². The van der Waals surface area contributed by atoms with Crippen LogP contribution >= 0.6 is 0 Å². The average Bonchev–Trinajstić information content (AvgIpc) is 2.53. The lowest BCUT2D eigenvalue weighted by Gasteiger charge is -2.22. The molecule has 1 atom stereocenters. The summed E-state index contributed by atoms with van der Waals surface area (Å²) >= 11 is 0. The van der Waals surface area contributed by atoms with E-state index in [0.29, 0.717) is 11.3 Å². The van der Waals surface area contributed by atoms with Crippen molar-refractivity contribution in [1.82, 2.24) is 0 Å². The summed E-state index contributed by atoms with van der Waals surface area (Å²) < 4.78 is 0. The van der Waals surface area contributed by atoms with Crippen LogP contribution in [0.2, 0.25) is 0 Å². The highest BCUT2D eigenvalue weighted by molar-refractivity contribution is 5.47. The van der Waals surface area contributed by atoms with Gasteiger partial charge in [0.25, 0.3) is 0 Å². The van der Waals surface area contributed by atoms with E-state index in [9.17, 15) is 0 Å². The van der Waals surface area contributed by atoms with Gasteiger partial charge in [-0.1, -0.05) is 39.8 Å². The molecule has 0 aliphatic heterocycles. The molecule has 1 aromatic carbocycles. The van der Waals surface area contributed by atoms with E-state index < -0.39 is 0 Å². The Hall–Kier alpha value is -0.780. The highest BCUT2D eigenvalue weighted by Gasteiger charge is 2.31. The fourth-order valence-corrected chi connectivity index (χ4v) is 3.15. The van der Waals surface area contributed by atoms with Gasteiger partial charge in [-0.05, 0) is 59.8 Å². The Kier molecular flexibility index (Phi) is 2.86. The van der Waals surface area contributed by atoms with E-state index in [-0.39, 0.29) is 0 Å². The summed E-state index contributed by atoms with van der Waals surface area (Å²) in [5.41, 5.74) is 6.68.